The van der Waals surface area contributed by atoms with Crippen LogP contribution in [0.15, 0.2) is 24.3 Å². The van der Waals surface area contributed by atoms with Gasteiger partial charge < -0.3 is 10.8 Å². The molecule has 0 saturated carbocycles. The van der Waals surface area contributed by atoms with E-state index >= 15 is 0 Å². The maximum Gasteiger partial charge on any atom is 0.0681 e. The molecule has 94 valence electrons. The molecule has 3 N–H and O–H groups in total. The van der Waals surface area contributed by atoms with E-state index in [1.165, 1.54) is 5.56 Å². The number of nitrogens with zero attached hydrogens (tertiary/aromatic N) is 1. The molecule has 0 aliphatic carbocycles. The minimum absolute atomic E-state index is 0.117. The van der Waals surface area contributed by atoms with Crippen LogP contribution in [-0.2, 0) is 13.2 Å². The van der Waals surface area contributed by atoms with Crippen LogP contribution in [0.3, 0.4) is 0 Å². The van der Waals surface area contributed by atoms with Crippen LogP contribution in [0.5, 0.6) is 0 Å². The summed E-state index contributed by atoms with van der Waals surface area (Å²) >= 11 is 0. The molecule has 1 heterocycles. The van der Waals surface area contributed by atoms with Crippen molar-refractivity contribution in [2.45, 2.75) is 32.5 Å². The van der Waals surface area contributed by atoms with Crippen LogP contribution in [0.2, 0.25) is 0 Å². The van der Waals surface area contributed by atoms with Crippen LogP contribution in [0.1, 0.15) is 24.5 Å². The van der Waals surface area contributed by atoms with E-state index in [1.807, 2.05) is 12.1 Å². The van der Waals surface area contributed by atoms with Gasteiger partial charge in [0, 0.05) is 25.7 Å². The van der Waals surface area contributed by atoms with E-state index < -0.39 is 0 Å². The molecule has 0 aromatic heterocycles. The summed E-state index contributed by atoms with van der Waals surface area (Å²) in [5.74, 6) is 0.690. The Morgan fingerprint density at radius 1 is 1.24 bits per heavy atom. The molecule has 2 unspecified atom stereocenters. The summed E-state index contributed by atoms with van der Waals surface area (Å²) in [4.78, 5) is 2.42. The number of hydrogen-bond acceptors (Lipinski definition) is 3. The Hall–Kier alpha value is -0.900. The number of aliphatic hydroxyl groups is 1. The third-order valence-electron chi connectivity index (χ3n) is 3.38. The number of hydrogen-bond donors (Lipinski definition) is 2. The zero-order valence-corrected chi connectivity index (χ0v) is 10.5. The molecular weight excluding hydrogens is 212 g/mol. The van der Waals surface area contributed by atoms with Crippen LogP contribution < -0.4 is 5.73 Å². The monoisotopic (exact) mass is 234 g/mol. The molecule has 3 nitrogen and oxygen atoms in total. The van der Waals surface area contributed by atoms with Crippen molar-refractivity contribution >= 4 is 0 Å². The van der Waals surface area contributed by atoms with Crippen LogP contribution in [-0.4, -0.2) is 29.1 Å². The second-order valence-electron chi connectivity index (χ2n) is 5.27. The van der Waals surface area contributed by atoms with E-state index in [9.17, 15) is 0 Å². The van der Waals surface area contributed by atoms with Gasteiger partial charge in [0.15, 0.2) is 0 Å². The second-order valence-corrected chi connectivity index (χ2v) is 5.27. The molecule has 0 bridgehead atoms. The summed E-state index contributed by atoms with van der Waals surface area (Å²) < 4.78 is 0. The predicted molar refractivity (Wildman–Crippen MR) is 69.4 cm³/mol. The molecule has 0 radical (unpaired) electrons. The van der Waals surface area contributed by atoms with Crippen molar-refractivity contribution in [1.29, 1.82) is 0 Å². The molecule has 1 fully saturated rings. The Morgan fingerprint density at radius 3 is 2.47 bits per heavy atom. The summed E-state index contributed by atoms with van der Waals surface area (Å²) in [5, 5.41) is 8.99. The molecular formula is C14H22N2O. The Bertz CT molecular complexity index is 340. The fraction of sp³-hybridized carbons (Fsp3) is 0.571. The van der Waals surface area contributed by atoms with Gasteiger partial charge in [-0.2, -0.15) is 0 Å². The first-order valence-corrected chi connectivity index (χ1v) is 6.34. The van der Waals surface area contributed by atoms with Gasteiger partial charge in [-0.15, -0.1) is 0 Å². The normalized spacial score (nSPS) is 26.1. The largest absolute Gasteiger partial charge is 0.392 e. The summed E-state index contributed by atoms with van der Waals surface area (Å²) in [6.45, 7) is 5.47. The number of likely N-dealkylation sites (tertiary alicyclic amines) is 1. The van der Waals surface area contributed by atoms with Gasteiger partial charge >= 0.3 is 0 Å². The topological polar surface area (TPSA) is 49.5 Å². The molecule has 1 aromatic rings. The van der Waals surface area contributed by atoms with E-state index in [0.29, 0.717) is 12.0 Å². The number of benzene rings is 1. The molecule has 1 saturated heterocycles. The molecule has 0 amide bonds. The van der Waals surface area contributed by atoms with Crippen LogP contribution >= 0.6 is 0 Å². The van der Waals surface area contributed by atoms with Crippen molar-refractivity contribution < 1.29 is 5.11 Å². The van der Waals surface area contributed by atoms with E-state index in [-0.39, 0.29) is 6.61 Å². The first kappa shape index (κ1) is 12.6. The fourth-order valence-electron chi connectivity index (χ4n) is 2.65. The van der Waals surface area contributed by atoms with E-state index in [1.54, 1.807) is 0 Å². The lowest BCUT2D eigenvalue weighted by molar-refractivity contribution is 0.158. The molecule has 0 spiro atoms. The van der Waals surface area contributed by atoms with Crippen molar-refractivity contribution in [1.82, 2.24) is 4.90 Å². The van der Waals surface area contributed by atoms with Crippen molar-refractivity contribution in [2.75, 3.05) is 13.1 Å². The Kier molecular flexibility index (Phi) is 4.15. The SMILES string of the molecule is CC1CC(N)CN(Cc2ccc(CO)cc2)C1. The van der Waals surface area contributed by atoms with Crippen molar-refractivity contribution in [3.8, 4) is 0 Å². The van der Waals surface area contributed by atoms with Gasteiger partial charge in [-0.05, 0) is 23.5 Å². The highest BCUT2D eigenvalue weighted by molar-refractivity contribution is 5.21. The molecule has 1 aliphatic rings. The minimum Gasteiger partial charge on any atom is -0.392 e. The average Bonchev–Trinajstić information content (AvgIpc) is 2.28. The number of rotatable bonds is 3. The zero-order chi connectivity index (χ0) is 12.3. The second kappa shape index (κ2) is 5.63. The van der Waals surface area contributed by atoms with Gasteiger partial charge in [-0.3, -0.25) is 4.90 Å². The molecule has 1 aromatic carbocycles. The smallest absolute Gasteiger partial charge is 0.0681 e. The molecule has 1 aliphatic heterocycles. The molecule has 2 rings (SSSR count). The standard InChI is InChI=1S/C14H22N2O/c1-11-6-14(15)9-16(7-11)8-12-2-4-13(10-17)5-3-12/h2-5,11,14,17H,6-10,15H2,1H3. The van der Waals surface area contributed by atoms with Crippen molar-refractivity contribution in [3.05, 3.63) is 35.4 Å². The Morgan fingerprint density at radius 2 is 1.88 bits per heavy atom. The van der Waals surface area contributed by atoms with Crippen LogP contribution in [0, 0.1) is 5.92 Å². The van der Waals surface area contributed by atoms with Crippen molar-refractivity contribution in [3.63, 3.8) is 0 Å². The summed E-state index contributed by atoms with van der Waals surface area (Å²) in [6.07, 6.45) is 1.14. The minimum atomic E-state index is 0.117. The van der Waals surface area contributed by atoms with Gasteiger partial charge in [0.05, 0.1) is 6.61 Å². The summed E-state index contributed by atoms with van der Waals surface area (Å²) in [5.41, 5.74) is 8.30. The van der Waals surface area contributed by atoms with Crippen LogP contribution in [0.25, 0.3) is 0 Å². The van der Waals surface area contributed by atoms with Gasteiger partial charge in [0.2, 0.25) is 0 Å². The van der Waals surface area contributed by atoms with Gasteiger partial charge in [0.25, 0.3) is 0 Å². The lowest BCUT2D eigenvalue weighted by Gasteiger charge is -2.34. The highest BCUT2D eigenvalue weighted by atomic mass is 16.3. The maximum absolute atomic E-state index is 8.99. The number of piperidine rings is 1. The molecule has 17 heavy (non-hydrogen) atoms. The first-order valence-electron chi connectivity index (χ1n) is 6.34. The van der Waals surface area contributed by atoms with Gasteiger partial charge in [-0.25, -0.2) is 0 Å². The average molecular weight is 234 g/mol. The third-order valence-corrected chi connectivity index (χ3v) is 3.38. The van der Waals surface area contributed by atoms with E-state index in [0.717, 1.165) is 31.6 Å². The molecule has 3 heteroatoms. The Labute approximate surface area is 103 Å². The summed E-state index contributed by atoms with van der Waals surface area (Å²) in [6, 6.07) is 8.48. The lowest BCUT2D eigenvalue weighted by Crippen LogP contribution is -2.45. The van der Waals surface area contributed by atoms with Crippen molar-refractivity contribution in [2.24, 2.45) is 11.7 Å². The quantitative estimate of drug-likeness (QED) is 0.830. The number of nitrogens with two attached hydrogens (primary N) is 1. The highest BCUT2D eigenvalue weighted by Gasteiger charge is 2.21. The first-order chi connectivity index (χ1) is 8.17. The predicted octanol–water partition coefficient (Wildman–Crippen LogP) is 1.35. The highest BCUT2D eigenvalue weighted by Crippen LogP contribution is 2.17. The zero-order valence-electron chi connectivity index (χ0n) is 10.5. The van der Waals surface area contributed by atoms with Gasteiger partial charge in [-0.1, -0.05) is 31.2 Å². The van der Waals surface area contributed by atoms with E-state index in [4.69, 9.17) is 10.8 Å². The summed E-state index contributed by atoms with van der Waals surface area (Å²) in [7, 11) is 0. The number of aliphatic hydroxyl groups excluding tert-OH is 1. The lowest BCUT2D eigenvalue weighted by atomic mass is 9.96. The maximum atomic E-state index is 8.99. The fourth-order valence-corrected chi connectivity index (χ4v) is 2.65. The van der Waals surface area contributed by atoms with Gasteiger partial charge in [0.1, 0.15) is 0 Å². The van der Waals surface area contributed by atoms with E-state index in [2.05, 4.69) is 24.0 Å². The molecule has 2 atom stereocenters. The third kappa shape index (κ3) is 3.53. The van der Waals surface area contributed by atoms with Crippen LogP contribution in [0.4, 0.5) is 0 Å². The Balaban J connectivity index is 1.95.